The Morgan fingerprint density at radius 3 is 3.28 bits per heavy atom. The number of hydrogen-bond acceptors (Lipinski definition) is 3. The molecule has 0 bridgehead atoms. The molecule has 2 rings (SSSR count). The lowest BCUT2D eigenvalue weighted by atomic mass is 10.1. The van der Waals surface area contributed by atoms with Crippen LogP contribution in [0.2, 0.25) is 0 Å². The van der Waals surface area contributed by atoms with E-state index < -0.39 is 0 Å². The fraction of sp³-hybridized carbons (Fsp3) is 0.500. The number of likely N-dealkylation sites (tertiary alicyclic amines) is 1. The van der Waals surface area contributed by atoms with E-state index in [0.717, 1.165) is 19.4 Å². The van der Waals surface area contributed by atoms with Crippen molar-refractivity contribution in [3.05, 3.63) is 36.3 Å². The molecular weight excluding hydrogens is 230 g/mol. The molecule has 0 saturated carbocycles. The van der Waals surface area contributed by atoms with Crippen molar-refractivity contribution in [2.75, 3.05) is 19.7 Å². The van der Waals surface area contributed by atoms with Crippen molar-refractivity contribution < 1.29 is 13.9 Å². The summed E-state index contributed by atoms with van der Waals surface area (Å²) in [6, 6.07) is 3.43. The van der Waals surface area contributed by atoms with Gasteiger partial charge in [-0.2, -0.15) is 0 Å². The number of nitrogens with zero attached hydrogens (tertiary/aromatic N) is 1. The standard InChI is InChI=1S/C14H19NO3/c1-2-3-9-17-12-6-4-8-15(11-12)14(16)13-7-5-10-18-13/h2-3,5,7,10,12H,4,6,8-9,11H2,1H3/b3-2-. The molecule has 1 aliphatic rings. The highest BCUT2D eigenvalue weighted by Crippen LogP contribution is 2.16. The third kappa shape index (κ3) is 3.23. The summed E-state index contributed by atoms with van der Waals surface area (Å²) in [6.45, 7) is 4.01. The number of ether oxygens (including phenoxy) is 1. The zero-order valence-corrected chi connectivity index (χ0v) is 10.7. The van der Waals surface area contributed by atoms with E-state index in [4.69, 9.17) is 9.15 Å². The molecular formula is C14H19NO3. The van der Waals surface area contributed by atoms with E-state index in [9.17, 15) is 4.79 Å². The summed E-state index contributed by atoms with van der Waals surface area (Å²) in [7, 11) is 0. The van der Waals surface area contributed by atoms with Gasteiger partial charge in [-0.1, -0.05) is 12.2 Å². The smallest absolute Gasteiger partial charge is 0.289 e. The fourth-order valence-electron chi connectivity index (χ4n) is 2.10. The first kappa shape index (κ1) is 12.9. The van der Waals surface area contributed by atoms with Gasteiger partial charge in [0.1, 0.15) is 0 Å². The molecule has 0 aromatic carbocycles. The van der Waals surface area contributed by atoms with Crippen LogP contribution in [0.1, 0.15) is 30.3 Å². The molecule has 2 heterocycles. The van der Waals surface area contributed by atoms with Gasteiger partial charge >= 0.3 is 0 Å². The number of piperidine rings is 1. The second-order valence-corrected chi connectivity index (χ2v) is 4.40. The summed E-state index contributed by atoms with van der Waals surface area (Å²) < 4.78 is 10.8. The van der Waals surface area contributed by atoms with Crippen molar-refractivity contribution in [3.63, 3.8) is 0 Å². The van der Waals surface area contributed by atoms with Crippen LogP contribution in [0.4, 0.5) is 0 Å². The Balaban J connectivity index is 1.88. The summed E-state index contributed by atoms with van der Waals surface area (Å²) >= 11 is 0. The average Bonchev–Trinajstić information content (AvgIpc) is 2.92. The second kappa shape index (κ2) is 6.40. The van der Waals surface area contributed by atoms with Gasteiger partial charge in [0.25, 0.3) is 5.91 Å². The molecule has 18 heavy (non-hydrogen) atoms. The molecule has 98 valence electrons. The van der Waals surface area contributed by atoms with E-state index in [1.807, 2.05) is 24.0 Å². The minimum Gasteiger partial charge on any atom is -0.459 e. The van der Waals surface area contributed by atoms with Crippen molar-refractivity contribution in [2.45, 2.75) is 25.9 Å². The summed E-state index contributed by atoms with van der Waals surface area (Å²) in [4.78, 5) is 13.9. The maximum atomic E-state index is 12.1. The highest BCUT2D eigenvalue weighted by molar-refractivity contribution is 5.91. The highest BCUT2D eigenvalue weighted by atomic mass is 16.5. The molecule has 0 radical (unpaired) electrons. The minimum absolute atomic E-state index is 0.0423. The van der Waals surface area contributed by atoms with Crippen LogP contribution in [0.25, 0.3) is 0 Å². The van der Waals surface area contributed by atoms with Gasteiger partial charge in [0.2, 0.25) is 0 Å². The summed E-state index contributed by atoms with van der Waals surface area (Å²) in [5, 5.41) is 0. The monoisotopic (exact) mass is 249 g/mol. The van der Waals surface area contributed by atoms with Crippen LogP contribution in [-0.2, 0) is 4.74 Å². The lowest BCUT2D eigenvalue weighted by Crippen LogP contribution is -2.43. The first-order valence-corrected chi connectivity index (χ1v) is 6.37. The van der Waals surface area contributed by atoms with Crippen molar-refractivity contribution in [2.24, 2.45) is 0 Å². The zero-order valence-electron chi connectivity index (χ0n) is 10.7. The van der Waals surface area contributed by atoms with E-state index in [-0.39, 0.29) is 12.0 Å². The zero-order chi connectivity index (χ0) is 12.8. The predicted octanol–water partition coefficient (Wildman–Crippen LogP) is 2.48. The van der Waals surface area contributed by atoms with Crippen molar-refractivity contribution >= 4 is 5.91 Å². The number of carbonyl (C=O) groups is 1. The molecule has 4 heteroatoms. The molecule has 1 saturated heterocycles. The predicted molar refractivity (Wildman–Crippen MR) is 68.4 cm³/mol. The molecule has 4 nitrogen and oxygen atoms in total. The lowest BCUT2D eigenvalue weighted by molar-refractivity contribution is 0.0121. The molecule has 0 aliphatic carbocycles. The number of hydrogen-bond donors (Lipinski definition) is 0. The van der Waals surface area contributed by atoms with Crippen LogP contribution in [0, 0.1) is 0 Å². The summed E-state index contributed by atoms with van der Waals surface area (Å²) in [5.74, 6) is 0.364. The molecule has 1 aliphatic heterocycles. The van der Waals surface area contributed by atoms with Gasteiger partial charge in [0, 0.05) is 13.1 Å². The van der Waals surface area contributed by atoms with E-state index in [2.05, 4.69) is 0 Å². The van der Waals surface area contributed by atoms with Gasteiger partial charge < -0.3 is 14.1 Å². The average molecular weight is 249 g/mol. The Hall–Kier alpha value is -1.55. The number of allylic oxidation sites excluding steroid dienone is 1. The Bertz CT molecular complexity index is 397. The van der Waals surface area contributed by atoms with Gasteiger partial charge in [0.15, 0.2) is 5.76 Å². The van der Waals surface area contributed by atoms with Crippen LogP contribution < -0.4 is 0 Å². The topological polar surface area (TPSA) is 42.7 Å². The fourth-order valence-corrected chi connectivity index (χ4v) is 2.10. The van der Waals surface area contributed by atoms with Crippen LogP contribution in [0.15, 0.2) is 35.0 Å². The Kier molecular flexibility index (Phi) is 4.59. The first-order valence-electron chi connectivity index (χ1n) is 6.37. The first-order chi connectivity index (χ1) is 8.81. The van der Waals surface area contributed by atoms with E-state index in [1.165, 1.54) is 6.26 Å². The van der Waals surface area contributed by atoms with Crippen LogP contribution in [0.3, 0.4) is 0 Å². The van der Waals surface area contributed by atoms with Crippen LogP contribution in [-0.4, -0.2) is 36.6 Å². The number of carbonyl (C=O) groups excluding carboxylic acids is 1. The highest BCUT2D eigenvalue weighted by Gasteiger charge is 2.25. The SMILES string of the molecule is C/C=C\COC1CCCN(C(=O)c2ccco2)C1. The second-order valence-electron chi connectivity index (χ2n) is 4.40. The lowest BCUT2D eigenvalue weighted by Gasteiger charge is -2.31. The Morgan fingerprint density at radius 2 is 2.56 bits per heavy atom. The molecule has 1 aromatic heterocycles. The molecule has 1 aromatic rings. The maximum Gasteiger partial charge on any atom is 0.289 e. The normalized spacial score (nSPS) is 20.5. The quantitative estimate of drug-likeness (QED) is 0.770. The molecule has 1 fully saturated rings. The largest absolute Gasteiger partial charge is 0.459 e. The van der Waals surface area contributed by atoms with Gasteiger partial charge in [0.05, 0.1) is 19.0 Å². The van der Waals surface area contributed by atoms with Gasteiger partial charge in [-0.15, -0.1) is 0 Å². The molecule has 0 N–H and O–H groups in total. The van der Waals surface area contributed by atoms with Crippen molar-refractivity contribution in [3.8, 4) is 0 Å². The summed E-state index contributed by atoms with van der Waals surface area (Å²) in [6.07, 6.45) is 7.60. The third-order valence-electron chi connectivity index (χ3n) is 3.06. The molecule has 1 amide bonds. The third-order valence-corrected chi connectivity index (χ3v) is 3.06. The maximum absolute atomic E-state index is 12.1. The minimum atomic E-state index is -0.0423. The molecule has 1 unspecified atom stereocenters. The van der Waals surface area contributed by atoms with Crippen molar-refractivity contribution in [1.82, 2.24) is 4.90 Å². The van der Waals surface area contributed by atoms with Crippen LogP contribution in [0.5, 0.6) is 0 Å². The van der Waals surface area contributed by atoms with Crippen LogP contribution >= 0.6 is 0 Å². The number of furan rings is 1. The number of amides is 1. The van der Waals surface area contributed by atoms with E-state index in [0.29, 0.717) is 18.9 Å². The molecule has 1 atom stereocenters. The Labute approximate surface area is 107 Å². The van der Waals surface area contributed by atoms with E-state index in [1.54, 1.807) is 12.1 Å². The van der Waals surface area contributed by atoms with Crippen molar-refractivity contribution in [1.29, 1.82) is 0 Å². The van der Waals surface area contributed by atoms with Gasteiger partial charge in [-0.25, -0.2) is 0 Å². The molecule has 0 spiro atoms. The van der Waals surface area contributed by atoms with Gasteiger partial charge in [-0.3, -0.25) is 4.79 Å². The number of rotatable bonds is 4. The Morgan fingerprint density at radius 1 is 1.67 bits per heavy atom. The van der Waals surface area contributed by atoms with Gasteiger partial charge in [-0.05, 0) is 31.9 Å². The summed E-state index contributed by atoms with van der Waals surface area (Å²) in [5.41, 5.74) is 0. The van der Waals surface area contributed by atoms with E-state index >= 15 is 0 Å².